The molecule has 0 fully saturated rings. The summed E-state index contributed by atoms with van der Waals surface area (Å²) >= 11 is 0. The highest BCUT2D eigenvalue weighted by atomic mass is 16.5. The van der Waals surface area contributed by atoms with Gasteiger partial charge in [0.2, 0.25) is 5.78 Å². The number of ketones is 1. The fourth-order valence-electron chi connectivity index (χ4n) is 4.00. The molecule has 0 radical (unpaired) electrons. The SMILES string of the molecule is CCCCOC(=O)c1cccc(N2C(=O)c3ccc(C(=O)OC(C)C(=O)c4ccc(C)cc4)cc3C2=O)c1. The largest absolute Gasteiger partial charge is 0.462 e. The van der Waals surface area contributed by atoms with E-state index in [1.165, 1.54) is 37.3 Å². The van der Waals surface area contributed by atoms with Crippen molar-refractivity contribution in [1.82, 2.24) is 0 Å². The second-order valence-electron chi connectivity index (χ2n) is 9.02. The number of carbonyl (C=O) groups excluding carboxylic acids is 5. The maximum Gasteiger partial charge on any atom is 0.338 e. The minimum Gasteiger partial charge on any atom is -0.462 e. The van der Waals surface area contributed by atoms with Crippen LogP contribution in [0, 0.1) is 6.92 Å². The van der Waals surface area contributed by atoms with Crippen LogP contribution in [0.25, 0.3) is 0 Å². The topological polar surface area (TPSA) is 107 Å². The van der Waals surface area contributed by atoms with Crippen LogP contribution >= 0.6 is 0 Å². The number of hydrogen-bond donors (Lipinski definition) is 0. The highest BCUT2D eigenvalue weighted by Crippen LogP contribution is 2.30. The number of Topliss-reactive ketones (excluding diaryl/α,β-unsaturated/α-hetero) is 1. The Balaban J connectivity index is 1.50. The van der Waals surface area contributed by atoms with Gasteiger partial charge in [-0.25, -0.2) is 14.5 Å². The van der Waals surface area contributed by atoms with Gasteiger partial charge < -0.3 is 9.47 Å². The molecule has 0 bridgehead atoms. The molecular weight excluding hydrogens is 486 g/mol. The molecule has 0 N–H and O–H groups in total. The summed E-state index contributed by atoms with van der Waals surface area (Å²) in [7, 11) is 0. The van der Waals surface area contributed by atoms with Crippen LogP contribution in [-0.4, -0.2) is 42.2 Å². The molecule has 1 heterocycles. The van der Waals surface area contributed by atoms with Gasteiger partial charge in [0.25, 0.3) is 11.8 Å². The number of benzene rings is 3. The minimum atomic E-state index is -1.05. The van der Waals surface area contributed by atoms with Crippen LogP contribution in [-0.2, 0) is 9.47 Å². The lowest BCUT2D eigenvalue weighted by atomic mass is 10.0. The molecule has 194 valence electrons. The number of fused-ring (bicyclic) bond motifs is 1. The summed E-state index contributed by atoms with van der Waals surface area (Å²) in [5, 5.41) is 0. The molecule has 38 heavy (non-hydrogen) atoms. The Hall–Kier alpha value is -4.59. The van der Waals surface area contributed by atoms with Crippen LogP contribution in [0.4, 0.5) is 5.69 Å². The van der Waals surface area contributed by atoms with Gasteiger partial charge in [-0.3, -0.25) is 14.4 Å². The third kappa shape index (κ3) is 5.39. The molecule has 0 aliphatic carbocycles. The van der Waals surface area contributed by atoms with Crippen molar-refractivity contribution in [3.05, 3.63) is 100 Å². The van der Waals surface area contributed by atoms with Crippen LogP contribution in [0.2, 0.25) is 0 Å². The number of nitrogens with zero attached hydrogens (tertiary/aromatic N) is 1. The van der Waals surface area contributed by atoms with Crippen molar-refractivity contribution in [3.8, 4) is 0 Å². The summed E-state index contributed by atoms with van der Waals surface area (Å²) in [6.45, 7) is 5.64. The number of unbranched alkanes of at least 4 members (excludes halogenated alkanes) is 1. The predicted molar refractivity (Wildman–Crippen MR) is 140 cm³/mol. The highest BCUT2D eigenvalue weighted by molar-refractivity contribution is 6.34. The van der Waals surface area contributed by atoms with Crippen molar-refractivity contribution in [2.24, 2.45) is 0 Å². The number of aryl methyl sites for hydroxylation is 1. The Morgan fingerprint density at radius 1 is 0.816 bits per heavy atom. The zero-order chi connectivity index (χ0) is 27.4. The highest BCUT2D eigenvalue weighted by Gasteiger charge is 2.37. The normalized spacial score (nSPS) is 13.2. The van der Waals surface area contributed by atoms with Gasteiger partial charge in [-0.2, -0.15) is 0 Å². The van der Waals surface area contributed by atoms with Gasteiger partial charge in [-0.15, -0.1) is 0 Å². The number of esters is 2. The Morgan fingerprint density at radius 3 is 2.18 bits per heavy atom. The minimum absolute atomic E-state index is 0.0258. The van der Waals surface area contributed by atoms with E-state index in [2.05, 4.69) is 0 Å². The summed E-state index contributed by atoms with van der Waals surface area (Å²) in [6, 6.07) is 17.0. The lowest BCUT2D eigenvalue weighted by molar-refractivity contribution is 0.0318. The van der Waals surface area contributed by atoms with Gasteiger partial charge in [0.1, 0.15) is 0 Å². The summed E-state index contributed by atoms with van der Waals surface area (Å²) in [6.07, 6.45) is 0.556. The van der Waals surface area contributed by atoms with E-state index in [4.69, 9.17) is 9.47 Å². The fourth-order valence-corrected chi connectivity index (χ4v) is 4.00. The lowest BCUT2D eigenvalue weighted by Crippen LogP contribution is -2.29. The van der Waals surface area contributed by atoms with Gasteiger partial charge in [0.15, 0.2) is 6.10 Å². The molecule has 0 spiro atoms. The molecule has 8 heteroatoms. The number of imide groups is 1. The van der Waals surface area contributed by atoms with Crippen molar-refractivity contribution in [2.75, 3.05) is 11.5 Å². The zero-order valence-corrected chi connectivity index (χ0v) is 21.4. The average Bonchev–Trinajstić information content (AvgIpc) is 3.17. The molecule has 2 amide bonds. The molecule has 4 rings (SSSR count). The van der Waals surface area contributed by atoms with Crippen LogP contribution in [0.3, 0.4) is 0 Å². The molecule has 1 unspecified atom stereocenters. The quantitative estimate of drug-likeness (QED) is 0.168. The zero-order valence-electron chi connectivity index (χ0n) is 21.4. The van der Waals surface area contributed by atoms with E-state index < -0.39 is 29.9 Å². The smallest absolute Gasteiger partial charge is 0.338 e. The third-order valence-electron chi connectivity index (χ3n) is 6.18. The van der Waals surface area contributed by atoms with Crippen LogP contribution in [0.15, 0.2) is 66.7 Å². The van der Waals surface area contributed by atoms with Gasteiger partial charge in [-0.05, 0) is 56.7 Å². The average molecular weight is 514 g/mol. The molecule has 1 atom stereocenters. The van der Waals surface area contributed by atoms with Gasteiger partial charge in [-0.1, -0.05) is 49.2 Å². The summed E-state index contributed by atoms with van der Waals surface area (Å²) in [4.78, 5) is 65.0. The Bertz CT molecular complexity index is 1420. The first-order chi connectivity index (χ1) is 18.2. The van der Waals surface area contributed by atoms with Crippen molar-refractivity contribution >= 4 is 35.2 Å². The van der Waals surface area contributed by atoms with Crippen LogP contribution < -0.4 is 4.90 Å². The maximum absolute atomic E-state index is 13.2. The number of ether oxygens (including phenoxy) is 2. The molecule has 1 aliphatic heterocycles. The summed E-state index contributed by atoms with van der Waals surface area (Å²) < 4.78 is 10.6. The number of amides is 2. The lowest BCUT2D eigenvalue weighted by Gasteiger charge is -2.15. The monoisotopic (exact) mass is 513 g/mol. The molecular formula is C30H27NO7. The van der Waals surface area contributed by atoms with Crippen molar-refractivity contribution in [1.29, 1.82) is 0 Å². The first kappa shape index (κ1) is 26.5. The standard InChI is InChI=1S/C30H27NO7/c1-4-5-15-37-29(35)21-7-6-8-23(16-21)31-27(33)24-14-13-22(17-25(24)28(31)34)30(36)38-19(3)26(32)20-11-9-18(2)10-12-20/h6-14,16-17,19H,4-5,15H2,1-3H3. The molecule has 0 saturated heterocycles. The second kappa shape index (κ2) is 11.2. The van der Waals surface area contributed by atoms with Crippen molar-refractivity contribution in [3.63, 3.8) is 0 Å². The number of rotatable bonds is 9. The molecule has 0 saturated carbocycles. The first-order valence-electron chi connectivity index (χ1n) is 12.3. The van der Waals surface area contributed by atoms with Gasteiger partial charge in [0, 0.05) is 5.56 Å². The Kier molecular flexibility index (Phi) is 7.81. The van der Waals surface area contributed by atoms with Crippen LogP contribution in [0.1, 0.15) is 84.0 Å². The molecule has 3 aromatic rings. The molecule has 1 aliphatic rings. The number of anilines is 1. The predicted octanol–water partition coefficient (Wildman–Crippen LogP) is 5.18. The van der Waals surface area contributed by atoms with Gasteiger partial charge >= 0.3 is 11.9 Å². The molecule has 8 nitrogen and oxygen atoms in total. The van der Waals surface area contributed by atoms with Crippen LogP contribution in [0.5, 0.6) is 0 Å². The van der Waals surface area contributed by atoms with E-state index in [0.717, 1.165) is 23.3 Å². The fraction of sp³-hybridized carbons (Fsp3) is 0.233. The summed E-state index contributed by atoms with van der Waals surface area (Å²) in [5.41, 5.74) is 2.01. The first-order valence-corrected chi connectivity index (χ1v) is 12.3. The van der Waals surface area contributed by atoms with E-state index >= 15 is 0 Å². The number of carbonyl (C=O) groups is 5. The second-order valence-corrected chi connectivity index (χ2v) is 9.02. The maximum atomic E-state index is 13.2. The number of hydrogen-bond acceptors (Lipinski definition) is 7. The Labute approximate surface area is 220 Å². The molecule has 0 aromatic heterocycles. The Morgan fingerprint density at radius 2 is 1.47 bits per heavy atom. The van der Waals surface area contributed by atoms with Crippen molar-refractivity contribution in [2.45, 2.75) is 39.7 Å². The van der Waals surface area contributed by atoms with E-state index in [9.17, 15) is 24.0 Å². The van der Waals surface area contributed by atoms with E-state index in [1.807, 2.05) is 13.8 Å². The van der Waals surface area contributed by atoms with Crippen molar-refractivity contribution < 1.29 is 33.4 Å². The molecule has 3 aromatic carbocycles. The summed E-state index contributed by atoms with van der Waals surface area (Å²) in [5.74, 6) is -2.91. The van der Waals surface area contributed by atoms with E-state index in [1.54, 1.807) is 36.4 Å². The third-order valence-corrected chi connectivity index (χ3v) is 6.18. The van der Waals surface area contributed by atoms with Gasteiger partial charge in [0.05, 0.1) is 34.5 Å². The van der Waals surface area contributed by atoms with E-state index in [-0.39, 0.29) is 40.3 Å². The van der Waals surface area contributed by atoms with E-state index in [0.29, 0.717) is 5.56 Å².